The summed E-state index contributed by atoms with van der Waals surface area (Å²) < 4.78 is 9.17. The molecular weight excluding hydrogens is 302 g/mol. The average molecular weight is 325 g/mol. The number of imidazole rings is 1. The highest BCUT2D eigenvalue weighted by Gasteiger charge is 2.28. The van der Waals surface area contributed by atoms with E-state index in [2.05, 4.69) is 24.9 Å². The van der Waals surface area contributed by atoms with Crippen molar-refractivity contribution in [3.63, 3.8) is 0 Å². The smallest absolute Gasteiger partial charge is 0.328 e. The van der Waals surface area contributed by atoms with Gasteiger partial charge in [-0.1, -0.05) is 13.3 Å². The van der Waals surface area contributed by atoms with E-state index < -0.39 is 0 Å². The van der Waals surface area contributed by atoms with E-state index in [0.29, 0.717) is 0 Å². The second kappa shape index (κ2) is 5.58. The van der Waals surface area contributed by atoms with Crippen LogP contribution in [0.25, 0.3) is 10.9 Å². The first-order valence-electron chi connectivity index (χ1n) is 8.63. The zero-order valence-corrected chi connectivity index (χ0v) is 14.4. The van der Waals surface area contributed by atoms with Gasteiger partial charge in [-0.2, -0.15) is 0 Å². The van der Waals surface area contributed by atoms with Crippen LogP contribution in [0, 0.1) is 0 Å². The maximum atomic E-state index is 12.7. The molecule has 1 N–H and O–H groups in total. The van der Waals surface area contributed by atoms with Crippen LogP contribution in [0.3, 0.4) is 0 Å². The van der Waals surface area contributed by atoms with E-state index in [4.69, 9.17) is 4.74 Å². The van der Waals surface area contributed by atoms with Crippen molar-refractivity contribution in [2.45, 2.75) is 45.7 Å². The van der Waals surface area contributed by atoms with Gasteiger partial charge in [0, 0.05) is 41.5 Å². The highest BCUT2D eigenvalue weighted by atomic mass is 16.5. The van der Waals surface area contributed by atoms with Gasteiger partial charge < -0.3 is 9.72 Å². The Labute approximate surface area is 140 Å². The largest absolute Gasteiger partial charge is 0.497 e. The monoisotopic (exact) mass is 325 g/mol. The number of methoxy groups -OCH3 is 1. The number of nitrogens with one attached hydrogen (secondary N) is 1. The maximum absolute atomic E-state index is 12.7. The predicted octanol–water partition coefficient (Wildman–Crippen LogP) is 3.45. The van der Waals surface area contributed by atoms with Gasteiger partial charge in [0.05, 0.1) is 13.2 Å². The molecule has 2 aromatic heterocycles. The highest BCUT2D eigenvalue weighted by Crippen LogP contribution is 2.36. The lowest BCUT2D eigenvalue weighted by molar-refractivity contribution is 0.415. The molecule has 1 unspecified atom stereocenters. The van der Waals surface area contributed by atoms with E-state index in [0.717, 1.165) is 48.5 Å². The Hall–Kier alpha value is -2.43. The van der Waals surface area contributed by atoms with E-state index >= 15 is 0 Å². The Bertz CT molecular complexity index is 961. The zero-order valence-electron chi connectivity index (χ0n) is 14.4. The van der Waals surface area contributed by atoms with Crippen molar-refractivity contribution in [3.8, 4) is 5.75 Å². The summed E-state index contributed by atoms with van der Waals surface area (Å²) >= 11 is 0. The van der Waals surface area contributed by atoms with Crippen LogP contribution in [0.4, 0.5) is 0 Å². The Balaban J connectivity index is 1.84. The Morgan fingerprint density at radius 1 is 1.38 bits per heavy atom. The summed E-state index contributed by atoms with van der Waals surface area (Å²) in [6.07, 6.45) is 4.94. The second-order valence-corrected chi connectivity index (χ2v) is 6.60. The minimum absolute atomic E-state index is 0.0255. The Morgan fingerprint density at radius 2 is 2.21 bits per heavy atom. The number of hydrogen-bond acceptors (Lipinski definition) is 2. The van der Waals surface area contributed by atoms with Crippen molar-refractivity contribution < 1.29 is 4.74 Å². The number of ether oxygens (including phenoxy) is 1. The lowest BCUT2D eigenvalue weighted by Crippen LogP contribution is -2.30. The third-order valence-corrected chi connectivity index (χ3v) is 5.13. The summed E-state index contributed by atoms with van der Waals surface area (Å²) in [7, 11) is 1.69. The van der Waals surface area contributed by atoms with Crippen LogP contribution in [0.5, 0.6) is 5.75 Å². The van der Waals surface area contributed by atoms with Crippen molar-refractivity contribution in [1.82, 2.24) is 14.1 Å². The second-order valence-electron chi connectivity index (χ2n) is 6.60. The van der Waals surface area contributed by atoms with Crippen LogP contribution in [0.15, 0.2) is 29.2 Å². The molecule has 0 saturated carbocycles. The minimum atomic E-state index is 0.0255. The topological polar surface area (TPSA) is 52.0 Å². The molecule has 0 spiro atoms. The van der Waals surface area contributed by atoms with Crippen molar-refractivity contribution in [1.29, 1.82) is 0 Å². The normalized spacial score (nSPS) is 16.2. The molecule has 0 aliphatic carbocycles. The first-order chi connectivity index (χ1) is 11.6. The number of nitrogens with zero attached hydrogens (tertiary/aromatic N) is 2. The molecule has 1 aliphatic heterocycles. The van der Waals surface area contributed by atoms with Crippen molar-refractivity contribution in [2.24, 2.45) is 0 Å². The molecule has 1 aliphatic rings. The third-order valence-electron chi connectivity index (χ3n) is 5.13. The van der Waals surface area contributed by atoms with Crippen LogP contribution in [0.2, 0.25) is 0 Å². The highest BCUT2D eigenvalue weighted by molar-refractivity contribution is 5.87. The first-order valence-corrected chi connectivity index (χ1v) is 8.63. The van der Waals surface area contributed by atoms with Gasteiger partial charge in [0.25, 0.3) is 0 Å². The fourth-order valence-corrected chi connectivity index (χ4v) is 3.82. The van der Waals surface area contributed by atoms with Gasteiger partial charge >= 0.3 is 5.69 Å². The number of aromatic amines is 1. The van der Waals surface area contributed by atoms with Crippen LogP contribution >= 0.6 is 0 Å². The Kier molecular flexibility index (Phi) is 3.52. The van der Waals surface area contributed by atoms with Gasteiger partial charge in [0.1, 0.15) is 5.75 Å². The molecule has 0 radical (unpaired) electrons. The summed E-state index contributed by atoms with van der Waals surface area (Å²) in [6.45, 7) is 5.04. The predicted molar refractivity (Wildman–Crippen MR) is 95.1 cm³/mol. The molecule has 4 rings (SSSR count). The number of unbranched alkanes of at least 4 members (excludes halogenated alkanes) is 1. The van der Waals surface area contributed by atoms with E-state index in [1.807, 2.05) is 27.5 Å². The molecule has 0 bridgehead atoms. The van der Waals surface area contributed by atoms with Crippen molar-refractivity contribution >= 4 is 10.9 Å². The summed E-state index contributed by atoms with van der Waals surface area (Å²) in [6, 6.07) is 6.12. The molecule has 0 amide bonds. The molecule has 3 aromatic rings. The summed E-state index contributed by atoms with van der Waals surface area (Å²) in [5.74, 6) is 0.862. The SMILES string of the molecule is CCCCn1cc2n(c1=O)C(C)c1[nH]c3ccc(OC)cc3c1C2. The van der Waals surface area contributed by atoms with E-state index in [-0.39, 0.29) is 11.7 Å². The van der Waals surface area contributed by atoms with Gasteiger partial charge in [-0.3, -0.25) is 9.13 Å². The molecule has 126 valence electrons. The molecular formula is C19H23N3O2. The number of H-pyrrole nitrogens is 1. The molecule has 1 aromatic carbocycles. The van der Waals surface area contributed by atoms with E-state index in [9.17, 15) is 4.79 Å². The van der Waals surface area contributed by atoms with Gasteiger partial charge in [0.2, 0.25) is 0 Å². The zero-order chi connectivity index (χ0) is 16.8. The third kappa shape index (κ3) is 2.11. The van der Waals surface area contributed by atoms with Gasteiger partial charge in [-0.15, -0.1) is 0 Å². The molecule has 5 nitrogen and oxygen atoms in total. The molecule has 24 heavy (non-hydrogen) atoms. The number of aryl methyl sites for hydroxylation is 1. The maximum Gasteiger partial charge on any atom is 0.328 e. The number of rotatable bonds is 4. The van der Waals surface area contributed by atoms with E-state index in [1.54, 1.807) is 7.11 Å². The number of hydrogen-bond donors (Lipinski definition) is 1. The number of aromatic nitrogens is 3. The van der Waals surface area contributed by atoms with Crippen LogP contribution in [0.1, 0.15) is 49.7 Å². The van der Waals surface area contributed by atoms with Gasteiger partial charge in [-0.25, -0.2) is 4.79 Å². The van der Waals surface area contributed by atoms with Crippen LogP contribution in [-0.4, -0.2) is 21.2 Å². The lowest BCUT2D eigenvalue weighted by Gasteiger charge is -2.21. The molecule has 0 saturated heterocycles. The summed E-state index contributed by atoms with van der Waals surface area (Å²) in [4.78, 5) is 16.3. The fraction of sp³-hybridized carbons (Fsp3) is 0.421. The summed E-state index contributed by atoms with van der Waals surface area (Å²) in [5.41, 5.74) is 4.72. The quantitative estimate of drug-likeness (QED) is 0.799. The summed E-state index contributed by atoms with van der Waals surface area (Å²) in [5, 5.41) is 1.19. The van der Waals surface area contributed by atoms with Crippen LogP contribution in [-0.2, 0) is 13.0 Å². The standard InChI is InChI=1S/C19H23N3O2/c1-4-5-8-21-11-13-9-16-15-10-14(24-3)6-7-17(15)20-18(16)12(2)22(13)19(21)23/h6-7,10-12,20H,4-5,8-9H2,1-3H3. The number of fused-ring (bicyclic) bond motifs is 4. The Morgan fingerprint density at radius 3 is 2.96 bits per heavy atom. The number of benzene rings is 1. The first kappa shape index (κ1) is 15.1. The lowest BCUT2D eigenvalue weighted by atomic mass is 9.98. The van der Waals surface area contributed by atoms with Gasteiger partial charge in [-0.05, 0) is 37.1 Å². The van der Waals surface area contributed by atoms with Crippen molar-refractivity contribution in [3.05, 3.63) is 51.8 Å². The average Bonchev–Trinajstić information content (AvgIpc) is 3.11. The molecule has 1 atom stereocenters. The molecule has 3 heterocycles. The minimum Gasteiger partial charge on any atom is -0.497 e. The van der Waals surface area contributed by atoms with Gasteiger partial charge in [0.15, 0.2) is 0 Å². The van der Waals surface area contributed by atoms with Crippen LogP contribution < -0.4 is 10.4 Å². The molecule has 5 heteroatoms. The van der Waals surface area contributed by atoms with Crippen molar-refractivity contribution in [2.75, 3.05) is 7.11 Å². The molecule has 0 fully saturated rings. The fourth-order valence-electron chi connectivity index (χ4n) is 3.82. The van der Waals surface area contributed by atoms with E-state index in [1.165, 1.54) is 10.9 Å².